The molecule has 1 aromatic carbocycles. The predicted octanol–water partition coefficient (Wildman–Crippen LogP) is 1.51. The minimum absolute atomic E-state index is 0.0747. The Morgan fingerprint density at radius 1 is 1.00 bits per heavy atom. The predicted molar refractivity (Wildman–Crippen MR) is 64.3 cm³/mol. The molecule has 0 aliphatic rings. The van der Waals surface area contributed by atoms with Crippen LogP contribution in [0.15, 0.2) is 42.6 Å². The summed E-state index contributed by atoms with van der Waals surface area (Å²) in [5.41, 5.74) is 1.43. The summed E-state index contributed by atoms with van der Waals surface area (Å²) in [7, 11) is -2.66. The molecule has 0 fully saturated rings. The first-order valence-electron chi connectivity index (χ1n) is 5.04. The van der Waals surface area contributed by atoms with Gasteiger partial charge in [-0.15, -0.1) is 0 Å². The van der Waals surface area contributed by atoms with Gasteiger partial charge in [-0.25, -0.2) is 4.98 Å². The van der Waals surface area contributed by atoms with Gasteiger partial charge in [-0.05, 0) is 12.1 Å². The largest absolute Gasteiger partial charge is 0.589 e. The van der Waals surface area contributed by atoms with E-state index in [-0.39, 0.29) is 5.44 Å². The molecular formula is C12H7N2O2P. The van der Waals surface area contributed by atoms with E-state index in [9.17, 15) is 9.46 Å². The minimum Gasteiger partial charge on any atom is -0.589 e. The number of benzene rings is 1. The van der Waals surface area contributed by atoms with Gasteiger partial charge >= 0.3 is 8.03 Å². The Morgan fingerprint density at radius 3 is 2.47 bits per heavy atom. The Kier molecular flexibility index (Phi) is 2.32. The SMILES string of the molecule is O=[P+]([O-])c1ccc2ccc3cccnc3c2n1. The quantitative estimate of drug-likeness (QED) is 0.479. The smallest absolute Gasteiger partial charge is 0.369 e. The van der Waals surface area contributed by atoms with Crippen LogP contribution in [0, 0.1) is 0 Å². The van der Waals surface area contributed by atoms with Gasteiger partial charge in [0.25, 0.3) is 5.44 Å². The van der Waals surface area contributed by atoms with Crippen molar-refractivity contribution >= 4 is 35.3 Å². The number of pyridine rings is 2. The molecule has 3 aromatic rings. The van der Waals surface area contributed by atoms with Gasteiger partial charge in [0.05, 0.1) is 5.52 Å². The van der Waals surface area contributed by atoms with E-state index in [0.717, 1.165) is 16.3 Å². The number of aromatic nitrogens is 2. The van der Waals surface area contributed by atoms with E-state index in [1.807, 2.05) is 24.3 Å². The maximum absolute atomic E-state index is 10.9. The van der Waals surface area contributed by atoms with Crippen molar-refractivity contribution in [2.75, 3.05) is 0 Å². The average Bonchev–Trinajstić information content (AvgIpc) is 2.38. The third-order valence-corrected chi connectivity index (χ3v) is 3.23. The van der Waals surface area contributed by atoms with Crippen LogP contribution in [0.5, 0.6) is 0 Å². The summed E-state index contributed by atoms with van der Waals surface area (Å²) in [6.45, 7) is 0. The van der Waals surface area contributed by atoms with E-state index in [2.05, 4.69) is 9.97 Å². The number of fused-ring (bicyclic) bond motifs is 3. The summed E-state index contributed by atoms with van der Waals surface area (Å²) in [6.07, 6.45) is 1.67. The average molecular weight is 242 g/mol. The summed E-state index contributed by atoms with van der Waals surface area (Å²) in [5, 5.41) is 1.84. The Morgan fingerprint density at radius 2 is 1.71 bits per heavy atom. The fraction of sp³-hybridized carbons (Fsp3) is 0. The molecule has 0 aliphatic heterocycles. The molecule has 1 unspecified atom stereocenters. The summed E-state index contributed by atoms with van der Waals surface area (Å²) >= 11 is 0. The van der Waals surface area contributed by atoms with Crippen LogP contribution in [0.25, 0.3) is 21.8 Å². The molecule has 2 aromatic heterocycles. The molecule has 0 aliphatic carbocycles. The van der Waals surface area contributed by atoms with Crippen molar-refractivity contribution in [2.24, 2.45) is 0 Å². The second kappa shape index (κ2) is 3.84. The van der Waals surface area contributed by atoms with Gasteiger partial charge in [-0.1, -0.05) is 22.8 Å². The van der Waals surface area contributed by atoms with Crippen LogP contribution in [0.1, 0.15) is 0 Å². The first kappa shape index (κ1) is 10.3. The number of hydrogen-bond donors (Lipinski definition) is 0. The summed E-state index contributed by atoms with van der Waals surface area (Å²) < 4.78 is 10.9. The maximum atomic E-state index is 10.9. The topological polar surface area (TPSA) is 65.9 Å². The monoisotopic (exact) mass is 242 g/mol. The van der Waals surface area contributed by atoms with Crippen molar-refractivity contribution < 1.29 is 9.46 Å². The summed E-state index contributed by atoms with van der Waals surface area (Å²) in [4.78, 5) is 19.3. The highest BCUT2D eigenvalue weighted by Crippen LogP contribution is 2.21. The fourth-order valence-electron chi connectivity index (χ4n) is 1.82. The van der Waals surface area contributed by atoms with Crippen molar-refractivity contribution in [1.29, 1.82) is 0 Å². The highest BCUT2D eigenvalue weighted by Gasteiger charge is 2.11. The van der Waals surface area contributed by atoms with E-state index in [4.69, 9.17) is 0 Å². The fourth-order valence-corrected chi connectivity index (χ4v) is 2.19. The molecule has 0 amide bonds. The number of rotatable bonds is 1. The standard InChI is InChI=1S/C12H7N2O2P/c15-17(16)10-6-5-9-4-3-8-2-1-7-13-11(8)12(9)14-10/h1-7H. The van der Waals surface area contributed by atoms with Crippen molar-refractivity contribution in [3.63, 3.8) is 0 Å². The molecule has 3 rings (SSSR count). The lowest BCUT2D eigenvalue weighted by atomic mass is 10.1. The van der Waals surface area contributed by atoms with E-state index >= 15 is 0 Å². The maximum Gasteiger partial charge on any atom is 0.369 e. The molecule has 1 atom stereocenters. The van der Waals surface area contributed by atoms with Crippen molar-refractivity contribution in [1.82, 2.24) is 9.97 Å². The van der Waals surface area contributed by atoms with Crippen LogP contribution in [-0.2, 0) is 4.57 Å². The zero-order valence-electron chi connectivity index (χ0n) is 8.70. The van der Waals surface area contributed by atoms with Crippen LogP contribution >= 0.6 is 8.03 Å². The molecule has 5 heteroatoms. The van der Waals surface area contributed by atoms with E-state index in [0.29, 0.717) is 5.52 Å². The van der Waals surface area contributed by atoms with Gasteiger partial charge in [-0.2, -0.15) is 0 Å². The van der Waals surface area contributed by atoms with Crippen LogP contribution in [-0.4, -0.2) is 9.97 Å². The van der Waals surface area contributed by atoms with Crippen molar-refractivity contribution in [2.45, 2.75) is 0 Å². The molecular weight excluding hydrogens is 235 g/mol. The Balaban J connectivity index is 2.46. The van der Waals surface area contributed by atoms with E-state index in [1.54, 1.807) is 12.3 Å². The molecule has 2 heterocycles. The molecule has 0 N–H and O–H groups in total. The lowest BCUT2D eigenvalue weighted by Crippen LogP contribution is -2.08. The highest BCUT2D eigenvalue weighted by atomic mass is 31.1. The third kappa shape index (κ3) is 1.68. The van der Waals surface area contributed by atoms with Crippen molar-refractivity contribution in [3.8, 4) is 0 Å². The zero-order chi connectivity index (χ0) is 11.8. The second-order valence-electron chi connectivity index (χ2n) is 3.64. The number of nitrogens with zero attached hydrogens (tertiary/aromatic N) is 2. The summed E-state index contributed by atoms with van der Waals surface area (Å²) in [6, 6.07) is 10.9. The normalized spacial score (nSPS) is 11.9. The molecule has 0 spiro atoms. The van der Waals surface area contributed by atoms with Gasteiger partial charge < -0.3 is 4.89 Å². The van der Waals surface area contributed by atoms with Gasteiger partial charge in [0, 0.05) is 23.0 Å². The minimum atomic E-state index is -2.66. The van der Waals surface area contributed by atoms with Crippen LogP contribution in [0.4, 0.5) is 0 Å². The van der Waals surface area contributed by atoms with Gasteiger partial charge in [-0.3, -0.25) is 4.98 Å². The third-order valence-electron chi connectivity index (χ3n) is 2.60. The van der Waals surface area contributed by atoms with Crippen LogP contribution in [0.3, 0.4) is 0 Å². The molecule has 0 radical (unpaired) electrons. The van der Waals surface area contributed by atoms with E-state index < -0.39 is 8.03 Å². The first-order valence-corrected chi connectivity index (χ1v) is 6.22. The Bertz CT molecular complexity index is 743. The zero-order valence-corrected chi connectivity index (χ0v) is 9.59. The molecule has 17 heavy (non-hydrogen) atoms. The molecule has 0 saturated carbocycles. The molecule has 4 nitrogen and oxygen atoms in total. The summed E-state index contributed by atoms with van der Waals surface area (Å²) in [5.74, 6) is 0. The number of hydrogen-bond acceptors (Lipinski definition) is 4. The van der Waals surface area contributed by atoms with Crippen molar-refractivity contribution in [3.05, 3.63) is 42.6 Å². The lowest BCUT2D eigenvalue weighted by Gasteiger charge is -2.01. The molecule has 82 valence electrons. The highest BCUT2D eigenvalue weighted by molar-refractivity contribution is 7.45. The molecule has 0 bridgehead atoms. The van der Waals surface area contributed by atoms with Gasteiger partial charge in [0.2, 0.25) is 0 Å². The lowest BCUT2D eigenvalue weighted by molar-refractivity contribution is -0.160. The Hall–Kier alpha value is -1.90. The van der Waals surface area contributed by atoms with E-state index in [1.165, 1.54) is 6.07 Å². The second-order valence-corrected chi connectivity index (χ2v) is 4.61. The van der Waals surface area contributed by atoms with Crippen LogP contribution < -0.4 is 10.3 Å². The van der Waals surface area contributed by atoms with Gasteiger partial charge in [0.1, 0.15) is 5.52 Å². The first-order chi connectivity index (χ1) is 8.25. The van der Waals surface area contributed by atoms with Gasteiger partial charge in [0.15, 0.2) is 0 Å². The van der Waals surface area contributed by atoms with Crippen LogP contribution in [0.2, 0.25) is 0 Å². The molecule has 0 saturated heterocycles. The Labute approximate surface area is 97.8 Å².